The van der Waals surface area contributed by atoms with Gasteiger partial charge in [0, 0.05) is 19.3 Å². The van der Waals surface area contributed by atoms with Crippen LogP contribution >= 0.6 is 0 Å². The summed E-state index contributed by atoms with van der Waals surface area (Å²) in [5, 5.41) is 0. The van der Waals surface area contributed by atoms with Gasteiger partial charge in [-0.15, -0.1) is 0 Å². The van der Waals surface area contributed by atoms with Crippen molar-refractivity contribution in [3.8, 4) is 0 Å². The molecule has 0 spiro atoms. The van der Waals surface area contributed by atoms with Crippen molar-refractivity contribution in [1.82, 2.24) is 0 Å². The van der Waals surface area contributed by atoms with E-state index >= 15 is 0 Å². The molecule has 0 radical (unpaired) electrons. The first kappa shape index (κ1) is 59.1. The minimum atomic E-state index is -0.794. The molecule has 0 aromatic rings. The largest absolute Gasteiger partial charge is 0.462 e. The first-order valence-electron chi connectivity index (χ1n) is 26.3. The van der Waals surface area contributed by atoms with Crippen LogP contribution in [-0.2, 0) is 28.6 Å². The molecule has 0 rings (SSSR count). The molecule has 1 atom stereocenters. The number of esters is 3. The lowest BCUT2D eigenvalue weighted by Gasteiger charge is -2.18. The molecule has 0 saturated heterocycles. The Kier molecular flexibility index (Phi) is 48.4. The number of hydrogen-bond acceptors (Lipinski definition) is 6. The normalized spacial score (nSPS) is 12.5. The Labute approximate surface area is 383 Å². The van der Waals surface area contributed by atoms with Crippen molar-refractivity contribution in [3.05, 3.63) is 60.8 Å². The summed E-state index contributed by atoms with van der Waals surface area (Å²) >= 11 is 0. The summed E-state index contributed by atoms with van der Waals surface area (Å²) in [7, 11) is 0. The first-order valence-corrected chi connectivity index (χ1v) is 26.3. The summed E-state index contributed by atoms with van der Waals surface area (Å²) in [6.45, 7) is 6.55. The summed E-state index contributed by atoms with van der Waals surface area (Å²) in [5.74, 6) is -0.932. The molecule has 0 fully saturated rings. The lowest BCUT2D eigenvalue weighted by molar-refractivity contribution is -0.167. The van der Waals surface area contributed by atoms with E-state index in [0.29, 0.717) is 19.3 Å². The van der Waals surface area contributed by atoms with Gasteiger partial charge in [-0.05, 0) is 89.9 Å². The third-order valence-electron chi connectivity index (χ3n) is 11.2. The smallest absolute Gasteiger partial charge is 0.306 e. The first-order chi connectivity index (χ1) is 30.5. The summed E-state index contributed by atoms with van der Waals surface area (Å²) in [6, 6.07) is 0. The molecule has 0 aliphatic heterocycles. The van der Waals surface area contributed by atoms with Crippen LogP contribution in [0.15, 0.2) is 60.8 Å². The van der Waals surface area contributed by atoms with Crippen LogP contribution in [-0.4, -0.2) is 37.2 Å². The van der Waals surface area contributed by atoms with E-state index in [1.165, 1.54) is 135 Å². The zero-order chi connectivity index (χ0) is 45.1. The van der Waals surface area contributed by atoms with E-state index in [0.717, 1.165) is 77.0 Å². The zero-order valence-corrected chi connectivity index (χ0v) is 40.9. The fraction of sp³-hybridized carbons (Fsp3) is 0.768. The second kappa shape index (κ2) is 50.8. The van der Waals surface area contributed by atoms with Crippen molar-refractivity contribution in [1.29, 1.82) is 0 Å². The molecule has 0 heterocycles. The van der Waals surface area contributed by atoms with Gasteiger partial charge in [0.1, 0.15) is 13.2 Å². The Morgan fingerprint density at radius 3 is 0.968 bits per heavy atom. The molecule has 0 bridgehead atoms. The lowest BCUT2D eigenvalue weighted by atomic mass is 10.0. The highest BCUT2D eigenvalue weighted by atomic mass is 16.6. The SMILES string of the molecule is CCCCC/C=C\C/C=C\C/C=C\CCCCC(=O)O[C@H](COC(=O)CCCCCCCCC/C=C\C/C=C\CCCCC)COC(=O)CCCCCCCCCCCCCC. The highest BCUT2D eigenvalue weighted by Crippen LogP contribution is 2.14. The highest BCUT2D eigenvalue weighted by Gasteiger charge is 2.19. The molecule has 6 heteroatoms. The van der Waals surface area contributed by atoms with Gasteiger partial charge in [0.15, 0.2) is 6.10 Å². The maximum Gasteiger partial charge on any atom is 0.306 e. The van der Waals surface area contributed by atoms with Crippen molar-refractivity contribution in [2.24, 2.45) is 0 Å². The highest BCUT2D eigenvalue weighted by molar-refractivity contribution is 5.71. The average molecular weight is 867 g/mol. The molecule has 0 unspecified atom stereocenters. The van der Waals surface area contributed by atoms with E-state index in [4.69, 9.17) is 14.2 Å². The van der Waals surface area contributed by atoms with Gasteiger partial charge < -0.3 is 14.2 Å². The number of hydrogen-bond donors (Lipinski definition) is 0. The predicted octanol–water partition coefficient (Wildman–Crippen LogP) is 17.3. The lowest BCUT2D eigenvalue weighted by Crippen LogP contribution is -2.30. The summed E-state index contributed by atoms with van der Waals surface area (Å²) in [4.78, 5) is 38.0. The number of rotatable bonds is 47. The summed E-state index contributed by atoms with van der Waals surface area (Å²) < 4.78 is 16.8. The molecule has 0 aromatic heterocycles. The Bertz CT molecular complexity index is 1130. The van der Waals surface area contributed by atoms with Crippen molar-refractivity contribution >= 4 is 17.9 Å². The third-order valence-corrected chi connectivity index (χ3v) is 11.2. The third kappa shape index (κ3) is 48.1. The molecule has 0 aliphatic carbocycles. The van der Waals surface area contributed by atoms with Crippen LogP contribution in [0.1, 0.15) is 258 Å². The van der Waals surface area contributed by atoms with Crippen molar-refractivity contribution in [2.75, 3.05) is 13.2 Å². The number of carbonyl (C=O) groups is 3. The fourth-order valence-corrected chi connectivity index (χ4v) is 7.24. The molecule has 0 N–H and O–H groups in total. The molecular weight excluding hydrogens is 769 g/mol. The van der Waals surface area contributed by atoms with Crippen LogP contribution in [0.2, 0.25) is 0 Å². The van der Waals surface area contributed by atoms with Gasteiger partial charge in [-0.25, -0.2) is 0 Å². The van der Waals surface area contributed by atoms with Crippen molar-refractivity contribution in [2.45, 2.75) is 264 Å². The summed E-state index contributed by atoms with van der Waals surface area (Å²) in [5.41, 5.74) is 0. The molecule has 0 aromatic carbocycles. The maximum atomic E-state index is 12.8. The molecule has 0 amide bonds. The molecule has 62 heavy (non-hydrogen) atoms. The number of carbonyl (C=O) groups excluding carboxylic acids is 3. The maximum absolute atomic E-state index is 12.8. The van der Waals surface area contributed by atoms with E-state index in [2.05, 4.69) is 81.5 Å². The van der Waals surface area contributed by atoms with Gasteiger partial charge in [-0.1, -0.05) is 210 Å². The van der Waals surface area contributed by atoms with Crippen LogP contribution < -0.4 is 0 Å². The van der Waals surface area contributed by atoms with E-state index in [-0.39, 0.29) is 37.5 Å². The van der Waals surface area contributed by atoms with E-state index in [9.17, 15) is 14.4 Å². The van der Waals surface area contributed by atoms with Crippen LogP contribution in [0.4, 0.5) is 0 Å². The average Bonchev–Trinajstić information content (AvgIpc) is 3.27. The number of allylic oxidation sites excluding steroid dienone is 10. The van der Waals surface area contributed by atoms with Gasteiger partial charge in [0.05, 0.1) is 0 Å². The topological polar surface area (TPSA) is 78.9 Å². The fourth-order valence-electron chi connectivity index (χ4n) is 7.24. The number of ether oxygens (including phenoxy) is 3. The standard InChI is InChI=1S/C56H98O6/c1-4-7-10-13-16-19-22-25-27-28-30-31-34-37-40-43-46-49-55(58)61-52-53(51-60-54(57)48-45-42-39-36-33-24-21-18-15-12-9-6-3)62-56(59)50-47-44-41-38-35-32-29-26-23-20-17-14-11-8-5-2/h16-17,19-20,25-27,29,35,38,53H,4-15,18,21-24,28,30-34,36-37,39-52H2,1-3H3/b19-16-,20-17-,27-25-,29-26-,38-35-/t53-/m0/s1. The van der Waals surface area contributed by atoms with Gasteiger partial charge in [0.25, 0.3) is 0 Å². The minimum absolute atomic E-state index is 0.0903. The summed E-state index contributed by atoms with van der Waals surface area (Å²) in [6.07, 6.45) is 62.0. The molecular formula is C56H98O6. The second-order valence-electron chi connectivity index (χ2n) is 17.4. The van der Waals surface area contributed by atoms with Gasteiger partial charge in [-0.3, -0.25) is 14.4 Å². The molecule has 6 nitrogen and oxygen atoms in total. The van der Waals surface area contributed by atoms with Crippen LogP contribution in [0.5, 0.6) is 0 Å². The van der Waals surface area contributed by atoms with Gasteiger partial charge in [-0.2, -0.15) is 0 Å². The zero-order valence-electron chi connectivity index (χ0n) is 40.9. The van der Waals surface area contributed by atoms with Crippen LogP contribution in [0, 0.1) is 0 Å². The second-order valence-corrected chi connectivity index (χ2v) is 17.4. The van der Waals surface area contributed by atoms with E-state index in [1.54, 1.807) is 0 Å². The van der Waals surface area contributed by atoms with Crippen LogP contribution in [0.25, 0.3) is 0 Å². The van der Waals surface area contributed by atoms with E-state index < -0.39 is 6.10 Å². The quantitative estimate of drug-likeness (QED) is 0.0262. The Morgan fingerprint density at radius 1 is 0.323 bits per heavy atom. The predicted molar refractivity (Wildman–Crippen MR) is 265 cm³/mol. The van der Waals surface area contributed by atoms with Gasteiger partial charge >= 0.3 is 17.9 Å². The van der Waals surface area contributed by atoms with Crippen LogP contribution in [0.3, 0.4) is 0 Å². The minimum Gasteiger partial charge on any atom is -0.462 e. The Morgan fingerprint density at radius 2 is 0.581 bits per heavy atom. The molecule has 358 valence electrons. The van der Waals surface area contributed by atoms with Crippen molar-refractivity contribution < 1.29 is 28.6 Å². The van der Waals surface area contributed by atoms with Gasteiger partial charge in [0.2, 0.25) is 0 Å². The molecule has 0 aliphatic rings. The monoisotopic (exact) mass is 867 g/mol. The molecule has 0 saturated carbocycles. The number of unbranched alkanes of at least 4 members (excludes halogenated alkanes) is 26. The Hall–Kier alpha value is -2.89. The van der Waals surface area contributed by atoms with Crippen molar-refractivity contribution in [3.63, 3.8) is 0 Å². The van der Waals surface area contributed by atoms with E-state index in [1.807, 2.05) is 0 Å². The Balaban J connectivity index is 4.43.